The molecule has 0 spiro atoms. The number of hydrogen-bond donors (Lipinski definition) is 1. The molecular formula is C16H17N5. The number of anilines is 1. The Hall–Kier alpha value is -2.69. The van der Waals surface area contributed by atoms with Crippen molar-refractivity contribution >= 4 is 5.82 Å². The Kier molecular flexibility index (Phi) is 3.64. The molecule has 5 heteroatoms. The first-order valence-electron chi connectivity index (χ1n) is 6.85. The van der Waals surface area contributed by atoms with Gasteiger partial charge in [-0.15, -0.1) is 0 Å². The third-order valence-corrected chi connectivity index (χ3v) is 3.25. The minimum absolute atomic E-state index is 0.674. The summed E-state index contributed by atoms with van der Waals surface area (Å²) in [4.78, 5) is 8.27. The van der Waals surface area contributed by atoms with Crippen molar-refractivity contribution in [3.8, 4) is 5.69 Å². The van der Waals surface area contributed by atoms with Crippen LogP contribution in [0.2, 0.25) is 0 Å². The number of nitrogens with one attached hydrogen (secondary N) is 1. The van der Waals surface area contributed by atoms with Crippen LogP contribution in [0.1, 0.15) is 17.0 Å². The topological polar surface area (TPSA) is 55.6 Å². The second-order valence-electron chi connectivity index (χ2n) is 4.91. The molecule has 106 valence electrons. The molecule has 0 fully saturated rings. The Balaban J connectivity index is 1.88. The molecule has 1 N–H and O–H groups in total. The Morgan fingerprint density at radius 3 is 2.71 bits per heavy atom. The van der Waals surface area contributed by atoms with E-state index in [-0.39, 0.29) is 0 Å². The van der Waals surface area contributed by atoms with Gasteiger partial charge in [-0.05, 0) is 31.5 Å². The molecule has 5 nitrogen and oxygen atoms in total. The molecule has 0 saturated heterocycles. The zero-order chi connectivity index (χ0) is 14.7. The van der Waals surface area contributed by atoms with Gasteiger partial charge in [0.2, 0.25) is 0 Å². The van der Waals surface area contributed by atoms with E-state index in [4.69, 9.17) is 0 Å². The van der Waals surface area contributed by atoms with E-state index in [1.807, 2.05) is 23.7 Å². The number of rotatable bonds is 4. The maximum Gasteiger partial charge on any atom is 0.144 e. The van der Waals surface area contributed by atoms with Crippen LogP contribution in [0.5, 0.6) is 0 Å². The second kappa shape index (κ2) is 5.75. The molecule has 21 heavy (non-hydrogen) atoms. The Bertz CT molecular complexity index is 733. The highest BCUT2D eigenvalue weighted by molar-refractivity contribution is 5.44. The lowest BCUT2D eigenvalue weighted by molar-refractivity contribution is 0.821. The summed E-state index contributed by atoms with van der Waals surface area (Å²) in [5, 5.41) is 7.84. The van der Waals surface area contributed by atoms with Crippen LogP contribution in [0.15, 0.2) is 48.9 Å². The van der Waals surface area contributed by atoms with Gasteiger partial charge in [-0.3, -0.25) is 4.98 Å². The maximum atomic E-state index is 4.56. The average molecular weight is 279 g/mol. The Morgan fingerprint density at radius 1 is 1.14 bits per heavy atom. The fraction of sp³-hybridized carbons (Fsp3) is 0.188. The zero-order valence-electron chi connectivity index (χ0n) is 12.1. The molecule has 0 aliphatic carbocycles. The van der Waals surface area contributed by atoms with Gasteiger partial charge in [0, 0.05) is 24.6 Å². The molecule has 0 bridgehead atoms. The largest absolute Gasteiger partial charge is 0.365 e. The van der Waals surface area contributed by atoms with Gasteiger partial charge in [0.1, 0.15) is 5.82 Å². The molecule has 0 aliphatic rings. The van der Waals surface area contributed by atoms with Crippen LogP contribution in [0, 0.1) is 13.8 Å². The number of nitrogens with zero attached hydrogens (tertiary/aromatic N) is 4. The van der Waals surface area contributed by atoms with Crippen LogP contribution >= 0.6 is 0 Å². The van der Waals surface area contributed by atoms with E-state index in [2.05, 4.69) is 45.5 Å². The van der Waals surface area contributed by atoms with Crippen LogP contribution in [0.3, 0.4) is 0 Å². The third kappa shape index (κ3) is 2.91. The maximum absolute atomic E-state index is 4.56. The quantitative estimate of drug-likeness (QED) is 0.798. The molecule has 1 aromatic carbocycles. The first kappa shape index (κ1) is 13.3. The highest BCUT2D eigenvalue weighted by atomic mass is 15.3. The van der Waals surface area contributed by atoms with Gasteiger partial charge in [-0.25, -0.2) is 9.67 Å². The lowest BCUT2D eigenvalue weighted by Gasteiger charge is -2.12. The predicted molar refractivity (Wildman–Crippen MR) is 82.4 cm³/mol. The van der Waals surface area contributed by atoms with Crippen LogP contribution in [-0.2, 0) is 6.54 Å². The van der Waals surface area contributed by atoms with Gasteiger partial charge < -0.3 is 5.32 Å². The Morgan fingerprint density at radius 2 is 2.00 bits per heavy atom. The fourth-order valence-corrected chi connectivity index (χ4v) is 2.32. The van der Waals surface area contributed by atoms with E-state index in [1.54, 1.807) is 18.6 Å². The van der Waals surface area contributed by atoms with E-state index in [0.29, 0.717) is 6.54 Å². The van der Waals surface area contributed by atoms with Gasteiger partial charge in [0.15, 0.2) is 0 Å². The first-order chi connectivity index (χ1) is 10.2. The highest BCUT2D eigenvalue weighted by Gasteiger charge is 2.08. The summed E-state index contributed by atoms with van der Waals surface area (Å²) < 4.78 is 1.98. The molecule has 3 rings (SSSR count). The van der Waals surface area contributed by atoms with Crippen molar-refractivity contribution < 1.29 is 0 Å². The van der Waals surface area contributed by atoms with Crippen LogP contribution in [0.25, 0.3) is 5.69 Å². The molecule has 0 amide bonds. The monoisotopic (exact) mass is 279 g/mol. The SMILES string of the molecule is Cc1cc(C)n(-c2ccccc2CNc2cnccn2)n1. The molecule has 0 saturated carbocycles. The summed E-state index contributed by atoms with van der Waals surface area (Å²) >= 11 is 0. The molecule has 0 atom stereocenters. The molecule has 0 radical (unpaired) electrons. The van der Waals surface area contributed by atoms with Crippen molar-refractivity contribution in [3.63, 3.8) is 0 Å². The normalized spacial score (nSPS) is 10.6. The Labute approximate surface area is 123 Å². The van der Waals surface area contributed by atoms with E-state index in [9.17, 15) is 0 Å². The predicted octanol–water partition coefficient (Wildman–Crippen LogP) is 2.89. The summed E-state index contributed by atoms with van der Waals surface area (Å²) in [5.41, 5.74) is 4.39. The number of para-hydroxylation sites is 1. The van der Waals surface area contributed by atoms with Crippen LogP contribution < -0.4 is 5.32 Å². The van der Waals surface area contributed by atoms with E-state index in [1.165, 1.54) is 0 Å². The van der Waals surface area contributed by atoms with Crippen molar-refractivity contribution in [1.29, 1.82) is 0 Å². The van der Waals surface area contributed by atoms with Gasteiger partial charge in [-0.1, -0.05) is 18.2 Å². The minimum atomic E-state index is 0.674. The third-order valence-electron chi connectivity index (χ3n) is 3.25. The fourth-order valence-electron chi connectivity index (χ4n) is 2.32. The number of aryl methyl sites for hydroxylation is 2. The molecule has 0 aliphatic heterocycles. The molecule has 2 aromatic heterocycles. The van der Waals surface area contributed by atoms with Gasteiger partial charge >= 0.3 is 0 Å². The highest BCUT2D eigenvalue weighted by Crippen LogP contribution is 2.17. The van der Waals surface area contributed by atoms with Gasteiger partial charge in [0.05, 0.1) is 17.6 Å². The first-order valence-corrected chi connectivity index (χ1v) is 6.85. The number of benzene rings is 1. The number of hydrogen-bond acceptors (Lipinski definition) is 4. The van der Waals surface area contributed by atoms with E-state index >= 15 is 0 Å². The zero-order valence-corrected chi connectivity index (χ0v) is 12.1. The van der Waals surface area contributed by atoms with E-state index < -0.39 is 0 Å². The summed E-state index contributed by atoms with van der Waals surface area (Å²) in [5.74, 6) is 0.765. The van der Waals surface area contributed by atoms with Crippen molar-refractivity contribution in [2.75, 3.05) is 5.32 Å². The van der Waals surface area contributed by atoms with Crippen molar-refractivity contribution in [2.24, 2.45) is 0 Å². The van der Waals surface area contributed by atoms with Crippen molar-refractivity contribution in [1.82, 2.24) is 19.7 Å². The van der Waals surface area contributed by atoms with E-state index in [0.717, 1.165) is 28.5 Å². The lowest BCUT2D eigenvalue weighted by Crippen LogP contribution is -2.08. The molecule has 0 unspecified atom stereocenters. The summed E-state index contributed by atoms with van der Waals surface area (Å²) in [6.45, 7) is 4.74. The molecule has 3 aromatic rings. The standard InChI is InChI=1S/C16H17N5/c1-12-9-13(2)21(20-12)15-6-4-3-5-14(15)10-19-16-11-17-7-8-18-16/h3-9,11H,10H2,1-2H3,(H,18,19). The van der Waals surface area contributed by atoms with Crippen LogP contribution in [-0.4, -0.2) is 19.7 Å². The van der Waals surface area contributed by atoms with Crippen molar-refractivity contribution in [3.05, 3.63) is 65.9 Å². The smallest absolute Gasteiger partial charge is 0.144 e. The van der Waals surface area contributed by atoms with Crippen LogP contribution in [0.4, 0.5) is 5.82 Å². The number of aromatic nitrogens is 4. The van der Waals surface area contributed by atoms with Gasteiger partial charge in [0.25, 0.3) is 0 Å². The summed E-state index contributed by atoms with van der Waals surface area (Å²) in [7, 11) is 0. The average Bonchev–Trinajstić information content (AvgIpc) is 2.85. The second-order valence-corrected chi connectivity index (χ2v) is 4.91. The van der Waals surface area contributed by atoms with Gasteiger partial charge in [-0.2, -0.15) is 5.10 Å². The summed E-state index contributed by atoms with van der Waals surface area (Å²) in [6.07, 6.45) is 5.05. The molecule has 2 heterocycles. The summed E-state index contributed by atoms with van der Waals surface area (Å²) in [6, 6.07) is 10.3. The minimum Gasteiger partial charge on any atom is -0.365 e. The lowest BCUT2D eigenvalue weighted by atomic mass is 10.1. The van der Waals surface area contributed by atoms with Crippen molar-refractivity contribution in [2.45, 2.75) is 20.4 Å². The molecular weight excluding hydrogens is 262 g/mol.